The van der Waals surface area contributed by atoms with Crippen LogP contribution >= 0.6 is 12.2 Å². The van der Waals surface area contributed by atoms with Crippen molar-refractivity contribution < 1.29 is 5.11 Å². The molecule has 3 nitrogen and oxygen atoms in total. The lowest BCUT2D eigenvalue weighted by Crippen LogP contribution is -2.45. The number of nitrogens with two attached hydrogens (primary N) is 1. The highest BCUT2D eigenvalue weighted by Crippen LogP contribution is 2.16. The first-order valence-corrected chi connectivity index (χ1v) is 5.74. The quantitative estimate of drug-likeness (QED) is 0.686. The first-order valence-electron chi connectivity index (χ1n) is 5.34. The van der Waals surface area contributed by atoms with Gasteiger partial charge in [0.05, 0.1) is 11.1 Å². The maximum Gasteiger partial charge on any atom is 0.0743 e. The van der Waals surface area contributed by atoms with E-state index in [0.29, 0.717) is 11.0 Å². The van der Waals surface area contributed by atoms with E-state index >= 15 is 0 Å². The Morgan fingerprint density at radius 2 is 2.43 bits per heavy atom. The van der Waals surface area contributed by atoms with Crippen LogP contribution in [-0.2, 0) is 0 Å². The van der Waals surface area contributed by atoms with Crippen molar-refractivity contribution in [1.82, 2.24) is 4.90 Å². The molecule has 4 heteroatoms. The maximum absolute atomic E-state index is 9.55. The van der Waals surface area contributed by atoms with Crippen LogP contribution in [0.4, 0.5) is 0 Å². The van der Waals surface area contributed by atoms with Gasteiger partial charge < -0.3 is 10.8 Å². The summed E-state index contributed by atoms with van der Waals surface area (Å²) in [5.41, 5.74) is 5.55. The number of aliphatic hydroxyl groups is 1. The number of likely N-dealkylation sites (tertiary alicyclic amines) is 1. The van der Waals surface area contributed by atoms with Crippen LogP contribution in [0, 0.1) is 0 Å². The summed E-state index contributed by atoms with van der Waals surface area (Å²) in [7, 11) is 0. The molecule has 0 aromatic rings. The van der Waals surface area contributed by atoms with Crippen molar-refractivity contribution in [2.24, 2.45) is 5.73 Å². The van der Waals surface area contributed by atoms with Crippen LogP contribution in [0.15, 0.2) is 0 Å². The van der Waals surface area contributed by atoms with Crippen molar-refractivity contribution in [1.29, 1.82) is 0 Å². The van der Waals surface area contributed by atoms with Gasteiger partial charge >= 0.3 is 0 Å². The minimum absolute atomic E-state index is 0.163. The lowest BCUT2D eigenvalue weighted by atomic mass is 10.0. The molecule has 1 heterocycles. The van der Waals surface area contributed by atoms with Gasteiger partial charge in [0.2, 0.25) is 0 Å². The van der Waals surface area contributed by atoms with Crippen LogP contribution in [0.1, 0.15) is 32.6 Å². The Balaban J connectivity index is 2.46. The van der Waals surface area contributed by atoms with Gasteiger partial charge in [-0.15, -0.1) is 0 Å². The summed E-state index contributed by atoms with van der Waals surface area (Å²) < 4.78 is 0. The van der Waals surface area contributed by atoms with Crippen LogP contribution in [0.25, 0.3) is 0 Å². The van der Waals surface area contributed by atoms with Crippen molar-refractivity contribution >= 4 is 17.2 Å². The van der Waals surface area contributed by atoms with Gasteiger partial charge in [0.1, 0.15) is 0 Å². The predicted octanol–water partition coefficient (Wildman–Crippen LogP) is 0.898. The molecular weight excluding hydrogens is 196 g/mol. The van der Waals surface area contributed by atoms with Gasteiger partial charge in [0.25, 0.3) is 0 Å². The average Bonchev–Trinajstić information content (AvgIpc) is 2.14. The number of β-amino-alcohol motifs (C(OH)–C–C–N with tert-alkyl or cyclic N) is 1. The Morgan fingerprint density at radius 3 is 2.93 bits per heavy atom. The van der Waals surface area contributed by atoms with E-state index in [9.17, 15) is 5.11 Å². The predicted molar refractivity (Wildman–Crippen MR) is 62.3 cm³/mol. The Bertz CT molecular complexity index is 199. The van der Waals surface area contributed by atoms with Gasteiger partial charge in [-0.1, -0.05) is 19.1 Å². The molecule has 2 atom stereocenters. The van der Waals surface area contributed by atoms with Gasteiger partial charge in [0.15, 0.2) is 0 Å². The van der Waals surface area contributed by atoms with E-state index in [0.717, 1.165) is 38.8 Å². The van der Waals surface area contributed by atoms with Crippen molar-refractivity contribution in [2.45, 2.75) is 44.8 Å². The molecule has 82 valence electrons. The standard InChI is InChI=1S/C10H20N2OS/c1-2-8(6-10(11)14)12-5-3-4-9(13)7-12/h8-9,13H,2-7H2,1H3,(H2,11,14). The van der Waals surface area contributed by atoms with E-state index in [-0.39, 0.29) is 6.10 Å². The molecule has 0 spiro atoms. The molecule has 1 aliphatic rings. The zero-order chi connectivity index (χ0) is 10.6. The second-order valence-electron chi connectivity index (χ2n) is 4.02. The number of hydrogen-bond donors (Lipinski definition) is 2. The second-order valence-corrected chi connectivity index (χ2v) is 4.55. The first kappa shape index (κ1) is 11.9. The SMILES string of the molecule is CCC(CC(N)=S)N1CCCC(O)C1. The molecule has 0 radical (unpaired) electrons. The maximum atomic E-state index is 9.55. The average molecular weight is 216 g/mol. The Kier molecular flexibility index (Phi) is 4.78. The zero-order valence-electron chi connectivity index (χ0n) is 8.78. The lowest BCUT2D eigenvalue weighted by molar-refractivity contribution is 0.0470. The van der Waals surface area contributed by atoms with Gasteiger partial charge in [-0.2, -0.15) is 0 Å². The van der Waals surface area contributed by atoms with Crippen LogP contribution in [-0.4, -0.2) is 40.2 Å². The topological polar surface area (TPSA) is 49.5 Å². The largest absolute Gasteiger partial charge is 0.393 e. The molecule has 0 amide bonds. The molecule has 0 aromatic heterocycles. The monoisotopic (exact) mass is 216 g/mol. The first-order chi connectivity index (χ1) is 6.63. The molecule has 1 fully saturated rings. The third-order valence-electron chi connectivity index (χ3n) is 2.85. The van der Waals surface area contributed by atoms with Gasteiger partial charge in [-0.3, -0.25) is 4.90 Å². The van der Waals surface area contributed by atoms with E-state index in [1.54, 1.807) is 0 Å². The molecular formula is C10H20N2OS. The molecule has 14 heavy (non-hydrogen) atoms. The lowest BCUT2D eigenvalue weighted by Gasteiger charge is -2.36. The molecule has 1 saturated heterocycles. The minimum Gasteiger partial charge on any atom is -0.393 e. The minimum atomic E-state index is -0.163. The summed E-state index contributed by atoms with van der Waals surface area (Å²) in [6.07, 6.45) is 3.67. The zero-order valence-corrected chi connectivity index (χ0v) is 9.59. The molecule has 0 bridgehead atoms. The van der Waals surface area contributed by atoms with Gasteiger partial charge in [0, 0.05) is 19.0 Å². The highest BCUT2D eigenvalue weighted by Gasteiger charge is 2.23. The van der Waals surface area contributed by atoms with Gasteiger partial charge in [-0.05, 0) is 25.8 Å². The van der Waals surface area contributed by atoms with Crippen LogP contribution in [0.2, 0.25) is 0 Å². The van der Waals surface area contributed by atoms with Crippen LogP contribution in [0.3, 0.4) is 0 Å². The molecule has 0 aromatic carbocycles. The smallest absolute Gasteiger partial charge is 0.0743 e. The third-order valence-corrected chi connectivity index (χ3v) is 3.02. The van der Waals surface area contributed by atoms with Crippen molar-refractivity contribution in [2.75, 3.05) is 13.1 Å². The van der Waals surface area contributed by atoms with Crippen molar-refractivity contribution in [3.63, 3.8) is 0 Å². The number of thiocarbonyl (C=S) groups is 1. The Hall–Kier alpha value is -0.190. The fourth-order valence-electron chi connectivity index (χ4n) is 2.08. The van der Waals surface area contributed by atoms with Gasteiger partial charge in [-0.25, -0.2) is 0 Å². The van der Waals surface area contributed by atoms with E-state index in [1.165, 1.54) is 0 Å². The normalized spacial score (nSPS) is 26.0. The molecule has 1 rings (SSSR count). The van der Waals surface area contributed by atoms with Crippen LogP contribution < -0.4 is 5.73 Å². The summed E-state index contributed by atoms with van der Waals surface area (Å²) in [4.78, 5) is 2.89. The summed E-state index contributed by atoms with van der Waals surface area (Å²) in [6, 6.07) is 0.419. The molecule has 2 unspecified atom stereocenters. The summed E-state index contributed by atoms with van der Waals surface area (Å²) >= 11 is 4.93. The summed E-state index contributed by atoms with van der Waals surface area (Å²) in [6.45, 7) is 3.99. The number of hydrogen-bond acceptors (Lipinski definition) is 3. The van der Waals surface area contributed by atoms with E-state index in [4.69, 9.17) is 18.0 Å². The summed E-state index contributed by atoms with van der Waals surface area (Å²) in [5, 5.41) is 9.55. The van der Waals surface area contributed by atoms with Crippen LogP contribution in [0.5, 0.6) is 0 Å². The van der Waals surface area contributed by atoms with E-state index < -0.39 is 0 Å². The Morgan fingerprint density at radius 1 is 1.71 bits per heavy atom. The molecule has 1 aliphatic heterocycles. The third kappa shape index (κ3) is 3.52. The highest BCUT2D eigenvalue weighted by atomic mass is 32.1. The molecule has 0 saturated carbocycles. The summed E-state index contributed by atoms with van der Waals surface area (Å²) in [5.74, 6) is 0. The van der Waals surface area contributed by atoms with Crippen molar-refractivity contribution in [3.8, 4) is 0 Å². The van der Waals surface area contributed by atoms with E-state index in [2.05, 4.69) is 11.8 Å². The number of aliphatic hydroxyl groups excluding tert-OH is 1. The highest BCUT2D eigenvalue weighted by molar-refractivity contribution is 7.80. The fraction of sp³-hybridized carbons (Fsp3) is 0.900. The van der Waals surface area contributed by atoms with Crippen molar-refractivity contribution in [3.05, 3.63) is 0 Å². The fourth-order valence-corrected chi connectivity index (χ4v) is 2.27. The molecule has 0 aliphatic carbocycles. The number of rotatable bonds is 4. The molecule has 3 N–H and O–H groups in total. The van der Waals surface area contributed by atoms with E-state index in [1.807, 2.05) is 0 Å². The number of nitrogens with zero attached hydrogens (tertiary/aromatic N) is 1. The second kappa shape index (κ2) is 5.63. The Labute approximate surface area is 91.3 Å². The number of piperidine rings is 1.